The molecule has 0 amide bonds. The molecule has 3 heterocycles. The van der Waals surface area contributed by atoms with Gasteiger partial charge in [-0.15, -0.1) is 0 Å². The highest BCUT2D eigenvalue weighted by Gasteiger charge is 2.43. The summed E-state index contributed by atoms with van der Waals surface area (Å²) in [4.78, 5) is 21.7. The zero-order valence-electron chi connectivity index (χ0n) is 15.5. The quantitative estimate of drug-likeness (QED) is 0.900. The lowest BCUT2D eigenvalue weighted by atomic mass is 9.79. The highest BCUT2D eigenvalue weighted by atomic mass is 16.4. The van der Waals surface area contributed by atoms with Crippen molar-refractivity contribution in [1.29, 1.82) is 0 Å². The average Bonchev–Trinajstić information content (AvgIpc) is 3.16. The molecule has 0 radical (unpaired) electrons. The van der Waals surface area contributed by atoms with Crippen molar-refractivity contribution in [2.75, 3.05) is 37.6 Å². The van der Waals surface area contributed by atoms with Crippen molar-refractivity contribution in [3.8, 4) is 0 Å². The lowest BCUT2D eigenvalue weighted by molar-refractivity contribution is 0.0696. The van der Waals surface area contributed by atoms with Crippen molar-refractivity contribution >= 4 is 11.8 Å². The number of carbonyl (C=O) groups is 1. The van der Waals surface area contributed by atoms with E-state index in [1.54, 1.807) is 0 Å². The van der Waals surface area contributed by atoms with E-state index in [2.05, 4.69) is 9.80 Å². The van der Waals surface area contributed by atoms with Gasteiger partial charge in [-0.2, -0.15) is 0 Å². The van der Waals surface area contributed by atoms with Crippen molar-refractivity contribution in [3.05, 3.63) is 22.9 Å². The van der Waals surface area contributed by atoms with Gasteiger partial charge in [0.05, 0.1) is 0 Å². The Kier molecular flexibility index (Phi) is 3.96. The largest absolute Gasteiger partial charge is 0.478 e. The molecule has 1 spiro atoms. The second-order valence-electron chi connectivity index (χ2n) is 9.08. The van der Waals surface area contributed by atoms with Crippen LogP contribution in [-0.4, -0.2) is 53.7 Å². The number of carboxylic acids is 1. The van der Waals surface area contributed by atoms with E-state index in [1.807, 2.05) is 6.07 Å². The number of pyridine rings is 1. The molecule has 1 atom stereocenters. The number of nitrogens with zero attached hydrogens (tertiary/aromatic N) is 3. The van der Waals surface area contributed by atoms with E-state index >= 15 is 0 Å². The van der Waals surface area contributed by atoms with Crippen LogP contribution in [0.25, 0.3) is 0 Å². The highest BCUT2D eigenvalue weighted by Crippen LogP contribution is 2.42. The summed E-state index contributed by atoms with van der Waals surface area (Å²) in [6.45, 7) is 5.63. The molecule has 26 heavy (non-hydrogen) atoms. The van der Waals surface area contributed by atoms with Crippen LogP contribution < -0.4 is 4.90 Å². The van der Waals surface area contributed by atoms with Crippen LogP contribution in [0.2, 0.25) is 0 Å². The molecule has 1 aromatic heterocycles. The number of aryl methyl sites for hydroxylation is 2. The number of rotatable bonds is 4. The third kappa shape index (κ3) is 3.00. The molecule has 4 aliphatic rings. The first-order valence-corrected chi connectivity index (χ1v) is 10.4. The minimum absolute atomic E-state index is 0.337. The Labute approximate surface area is 155 Å². The third-order valence-corrected chi connectivity index (χ3v) is 6.95. The van der Waals surface area contributed by atoms with Crippen LogP contribution in [0.3, 0.4) is 0 Å². The normalized spacial score (nSPS) is 28.7. The van der Waals surface area contributed by atoms with Gasteiger partial charge < -0.3 is 14.9 Å². The molecule has 1 N–H and O–H groups in total. The van der Waals surface area contributed by atoms with Gasteiger partial charge in [-0.25, -0.2) is 9.78 Å². The SMILES string of the molecule is O=C(O)c1cc2c(nc1N1CC[C@]3(CCCN(CC4CC4)C3)C1)CCC2. The summed E-state index contributed by atoms with van der Waals surface area (Å²) in [7, 11) is 0. The number of piperidine rings is 1. The second-order valence-corrected chi connectivity index (χ2v) is 9.08. The van der Waals surface area contributed by atoms with E-state index in [0.717, 1.165) is 55.3 Å². The van der Waals surface area contributed by atoms with E-state index in [1.165, 1.54) is 51.7 Å². The van der Waals surface area contributed by atoms with Crippen molar-refractivity contribution in [3.63, 3.8) is 0 Å². The first kappa shape index (κ1) is 16.5. The Balaban J connectivity index is 1.38. The van der Waals surface area contributed by atoms with E-state index in [-0.39, 0.29) is 0 Å². The molecule has 0 bridgehead atoms. The van der Waals surface area contributed by atoms with Gasteiger partial charge in [0, 0.05) is 37.3 Å². The molecule has 2 saturated heterocycles. The monoisotopic (exact) mass is 355 g/mol. The van der Waals surface area contributed by atoms with Crippen LogP contribution in [-0.2, 0) is 12.8 Å². The van der Waals surface area contributed by atoms with Gasteiger partial charge in [-0.1, -0.05) is 0 Å². The summed E-state index contributed by atoms with van der Waals surface area (Å²) in [6, 6.07) is 1.90. The lowest BCUT2D eigenvalue weighted by Crippen LogP contribution is -2.45. The van der Waals surface area contributed by atoms with Gasteiger partial charge in [0.25, 0.3) is 0 Å². The van der Waals surface area contributed by atoms with Crippen molar-refractivity contribution in [2.45, 2.75) is 51.4 Å². The number of likely N-dealkylation sites (tertiary alicyclic amines) is 1. The number of carboxylic acid groups (broad SMARTS) is 1. The molecule has 0 aromatic carbocycles. The molecule has 5 heteroatoms. The summed E-state index contributed by atoms with van der Waals surface area (Å²) in [5.41, 5.74) is 3.02. The average molecular weight is 355 g/mol. The van der Waals surface area contributed by atoms with Crippen molar-refractivity contribution in [1.82, 2.24) is 9.88 Å². The zero-order valence-corrected chi connectivity index (χ0v) is 15.5. The number of fused-ring (bicyclic) bond motifs is 1. The summed E-state index contributed by atoms with van der Waals surface area (Å²) in [5.74, 6) is 0.844. The lowest BCUT2D eigenvalue weighted by Gasteiger charge is -2.40. The van der Waals surface area contributed by atoms with E-state index < -0.39 is 5.97 Å². The maximum atomic E-state index is 11.9. The molecule has 3 fully saturated rings. The van der Waals surface area contributed by atoms with Crippen LogP contribution in [0, 0.1) is 11.3 Å². The molecular weight excluding hydrogens is 326 g/mol. The number of aromatic nitrogens is 1. The minimum atomic E-state index is -0.831. The summed E-state index contributed by atoms with van der Waals surface area (Å²) in [6.07, 6.45) is 9.63. The molecule has 2 aliphatic carbocycles. The fourth-order valence-corrected chi connectivity index (χ4v) is 5.44. The summed E-state index contributed by atoms with van der Waals surface area (Å²) in [5, 5.41) is 9.73. The van der Waals surface area contributed by atoms with E-state index in [4.69, 9.17) is 4.98 Å². The third-order valence-electron chi connectivity index (χ3n) is 6.95. The number of anilines is 1. The van der Waals surface area contributed by atoms with Crippen LogP contribution >= 0.6 is 0 Å². The Morgan fingerprint density at radius 3 is 2.88 bits per heavy atom. The fourth-order valence-electron chi connectivity index (χ4n) is 5.44. The Hall–Kier alpha value is -1.62. The number of aromatic carboxylic acids is 1. The smallest absolute Gasteiger partial charge is 0.339 e. The standard InChI is InChI=1S/C21H29N3O2/c25-20(26)17-11-16-3-1-4-18(16)22-19(17)24-10-8-21(14-24)7-2-9-23(13-21)12-15-5-6-15/h11,15H,1-10,12-14H2,(H,25,26)/t21-/m0/s1. The fraction of sp³-hybridized carbons (Fsp3) is 0.714. The molecule has 5 rings (SSSR count). The molecule has 1 aromatic rings. The van der Waals surface area contributed by atoms with Gasteiger partial charge in [-0.05, 0) is 75.5 Å². The molecule has 140 valence electrons. The number of hydrogen-bond donors (Lipinski definition) is 1. The minimum Gasteiger partial charge on any atom is -0.478 e. The predicted octanol–water partition coefficient (Wildman–Crippen LogP) is 2.97. The topological polar surface area (TPSA) is 56.7 Å². The van der Waals surface area contributed by atoms with Crippen LogP contribution in [0.1, 0.15) is 60.1 Å². The predicted molar refractivity (Wildman–Crippen MR) is 101 cm³/mol. The van der Waals surface area contributed by atoms with Gasteiger partial charge >= 0.3 is 5.97 Å². The second kappa shape index (κ2) is 6.22. The first-order chi connectivity index (χ1) is 12.6. The molecule has 1 saturated carbocycles. The summed E-state index contributed by atoms with van der Waals surface area (Å²) < 4.78 is 0. The van der Waals surface area contributed by atoms with Gasteiger partial charge in [0.15, 0.2) is 0 Å². The van der Waals surface area contributed by atoms with Crippen LogP contribution in [0.4, 0.5) is 5.82 Å². The maximum absolute atomic E-state index is 11.9. The molecule has 2 aliphatic heterocycles. The zero-order chi connectivity index (χ0) is 17.7. The van der Waals surface area contributed by atoms with Gasteiger partial charge in [0.2, 0.25) is 0 Å². The first-order valence-electron chi connectivity index (χ1n) is 10.4. The maximum Gasteiger partial charge on any atom is 0.339 e. The summed E-state index contributed by atoms with van der Waals surface area (Å²) >= 11 is 0. The van der Waals surface area contributed by atoms with E-state index in [0.29, 0.717) is 11.0 Å². The van der Waals surface area contributed by atoms with Crippen LogP contribution in [0.15, 0.2) is 6.07 Å². The van der Waals surface area contributed by atoms with Crippen LogP contribution in [0.5, 0.6) is 0 Å². The Morgan fingerprint density at radius 1 is 1.19 bits per heavy atom. The number of hydrogen-bond acceptors (Lipinski definition) is 4. The molecule has 5 nitrogen and oxygen atoms in total. The Morgan fingerprint density at radius 2 is 2.08 bits per heavy atom. The van der Waals surface area contributed by atoms with E-state index in [9.17, 15) is 9.90 Å². The van der Waals surface area contributed by atoms with Gasteiger partial charge in [0.1, 0.15) is 11.4 Å². The Bertz CT molecular complexity index is 730. The molecular formula is C21H29N3O2. The van der Waals surface area contributed by atoms with Crippen molar-refractivity contribution < 1.29 is 9.90 Å². The molecule has 0 unspecified atom stereocenters. The van der Waals surface area contributed by atoms with Gasteiger partial charge in [-0.3, -0.25) is 0 Å². The van der Waals surface area contributed by atoms with Crippen molar-refractivity contribution in [2.24, 2.45) is 11.3 Å². The highest BCUT2D eigenvalue weighted by molar-refractivity contribution is 5.93.